The van der Waals surface area contributed by atoms with Gasteiger partial charge in [-0.25, -0.2) is 9.78 Å². The number of hydrogen-bond acceptors (Lipinski definition) is 8. The van der Waals surface area contributed by atoms with Crippen LogP contribution in [0.1, 0.15) is 20.4 Å². The van der Waals surface area contributed by atoms with Crippen molar-refractivity contribution >= 4 is 51.7 Å². The Balaban J connectivity index is 1.26. The molecule has 11 heteroatoms. The maximum Gasteiger partial charge on any atom is 0.322 e. The van der Waals surface area contributed by atoms with Crippen LogP contribution in [0.4, 0.5) is 21.9 Å². The van der Waals surface area contributed by atoms with Gasteiger partial charge < -0.3 is 30.7 Å². The number of ether oxygens (including phenoxy) is 2. The van der Waals surface area contributed by atoms with E-state index in [2.05, 4.69) is 15.6 Å². The Hall–Kier alpha value is -4.09. The van der Waals surface area contributed by atoms with Crippen LogP contribution in [0.5, 0.6) is 11.5 Å². The van der Waals surface area contributed by atoms with Crippen molar-refractivity contribution in [3.05, 3.63) is 68.8 Å². The van der Waals surface area contributed by atoms with Gasteiger partial charge in [0.15, 0.2) is 16.5 Å². The molecule has 0 radical (unpaired) electrons. The third-order valence-corrected chi connectivity index (χ3v) is 7.77. The Morgan fingerprint density at radius 3 is 2.62 bits per heavy atom. The molecule has 4 N–H and O–H groups in total. The third-order valence-electron chi connectivity index (χ3n) is 6.00. The zero-order valence-corrected chi connectivity index (χ0v) is 21.9. The largest absolute Gasteiger partial charge is 0.493 e. The number of hydrogen-bond donors (Lipinski definition) is 3. The fourth-order valence-corrected chi connectivity index (χ4v) is 5.71. The molecule has 0 saturated carbocycles. The summed E-state index contributed by atoms with van der Waals surface area (Å²) in [4.78, 5) is 33.1. The quantitative estimate of drug-likeness (QED) is 0.288. The molecule has 37 heavy (non-hydrogen) atoms. The van der Waals surface area contributed by atoms with E-state index in [1.165, 1.54) is 11.3 Å². The predicted molar refractivity (Wildman–Crippen MR) is 147 cm³/mol. The second-order valence-corrected chi connectivity index (χ2v) is 10.2. The molecule has 5 rings (SSSR count). The first-order valence-electron chi connectivity index (χ1n) is 11.4. The van der Waals surface area contributed by atoms with Gasteiger partial charge in [0.2, 0.25) is 0 Å². The maximum atomic E-state index is 13.0. The van der Waals surface area contributed by atoms with Crippen molar-refractivity contribution in [2.75, 3.05) is 37.1 Å². The monoisotopic (exact) mass is 535 g/mol. The van der Waals surface area contributed by atoms with Crippen LogP contribution in [0, 0.1) is 0 Å². The smallest absolute Gasteiger partial charge is 0.322 e. The summed E-state index contributed by atoms with van der Waals surface area (Å²) >= 11 is 2.89. The fourth-order valence-electron chi connectivity index (χ4n) is 4.03. The molecular weight excluding hydrogens is 510 g/mol. The standard InChI is InChI=1S/C26H25N5O4S2/c1-34-21-6-4-17(12-22(21)35-2)28-26(33)31-9-7-19-23(13-31)37-25(30-19)24(32)29-20-11-15(3-5-18(20)27)16-8-10-36-14-16/h3-6,8,10-12,14H,7,9,13,27H2,1-2H3,(H,28,33)(H,29,32). The van der Waals surface area contributed by atoms with Crippen LogP contribution in [0.2, 0.25) is 0 Å². The topological polar surface area (TPSA) is 119 Å². The minimum atomic E-state index is -0.324. The Morgan fingerprint density at radius 1 is 1.03 bits per heavy atom. The van der Waals surface area contributed by atoms with E-state index in [1.54, 1.807) is 54.7 Å². The second kappa shape index (κ2) is 10.5. The number of nitrogen functional groups attached to an aromatic ring is 1. The number of thiazole rings is 1. The summed E-state index contributed by atoms with van der Waals surface area (Å²) in [6.07, 6.45) is 0.564. The molecule has 1 aliphatic rings. The average molecular weight is 536 g/mol. The molecular formula is C26H25N5O4S2. The van der Waals surface area contributed by atoms with Crippen molar-refractivity contribution in [1.82, 2.24) is 9.88 Å². The molecule has 0 atom stereocenters. The first-order valence-corrected chi connectivity index (χ1v) is 13.2. The number of carbonyl (C=O) groups excluding carboxylic acids is 2. The van der Waals surface area contributed by atoms with E-state index in [0.717, 1.165) is 21.7 Å². The second-order valence-electron chi connectivity index (χ2n) is 8.33. The molecule has 1 aliphatic heterocycles. The van der Waals surface area contributed by atoms with Crippen LogP contribution in [0.25, 0.3) is 11.1 Å². The van der Waals surface area contributed by atoms with Gasteiger partial charge in [-0.2, -0.15) is 11.3 Å². The van der Waals surface area contributed by atoms with Gasteiger partial charge in [-0.05, 0) is 52.2 Å². The number of anilines is 3. The normalized spacial score (nSPS) is 12.5. The highest BCUT2D eigenvalue weighted by molar-refractivity contribution is 7.13. The average Bonchev–Trinajstić information content (AvgIpc) is 3.60. The number of aromatic nitrogens is 1. The van der Waals surface area contributed by atoms with Gasteiger partial charge in [0, 0.05) is 29.6 Å². The molecule has 0 unspecified atom stereocenters. The molecule has 3 amide bonds. The molecule has 190 valence electrons. The van der Waals surface area contributed by atoms with E-state index in [1.807, 2.05) is 29.0 Å². The Morgan fingerprint density at radius 2 is 1.86 bits per heavy atom. The number of urea groups is 1. The number of methoxy groups -OCH3 is 2. The first-order chi connectivity index (χ1) is 17.9. The predicted octanol–water partition coefficient (Wildman–Crippen LogP) is 5.31. The molecule has 2 aromatic heterocycles. The van der Waals surface area contributed by atoms with Gasteiger partial charge in [-0.15, -0.1) is 11.3 Å². The van der Waals surface area contributed by atoms with Crippen LogP contribution in [-0.4, -0.2) is 42.6 Å². The van der Waals surface area contributed by atoms with Gasteiger partial charge >= 0.3 is 6.03 Å². The van der Waals surface area contributed by atoms with Crippen molar-refractivity contribution in [3.63, 3.8) is 0 Å². The first kappa shape index (κ1) is 24.6. The molecule has 0 saturated heterocycles. The van der Waals surface area contributed by atoms with E-state index in [-0.39, 0.29) is 11.9 Å². The summed E-state index contributed by atoms with van der Waals surface area (Å²) in [5.74, 6) is 0.786. The number of fused-ring (bicyclic) bond motifs is 1. The van der Waals surface area contributed by atoms with Crippen LogP contribution >= 0.6 is 22.7 Å². The number of nitrogens with one attached hydrogen (secondary N) is 2. The Kier molecular flexibility index (Phi) is 6.97. The molecule has 3 heterocycles. The lowest BCUT2D eigenvalue weighted by atomic mass is 10.1. The van der Waals surface area contributed by atoms with Crippen molar-refractivity contribution in [2.24, 2.45) is 0 Å². The van der Waals surface area contributed by atoms with Crippen LogP contribution < -0.4 is 25.8 Å². The number of carbonyl (C=O) groups is 2. The number of nitrogens with zero attached hydrogens (tertiary/aromatic N) is 2. The number of amides is 3. The van der Waals surface area contributed by atoms with Gasteiger partial charge in [0.05, 0.1) is 37.8 Å². The number of benzene rings is 2. The molecule has 0 fully saturated rings. The summed E-state index contributed by atoms with van der Waals surface area (Å²) in [6.45, 7) is 0.863. The van der Waals surface area contributed by atoms with E-state index >= 15 is 0 Å². The highest BCUT2D eigenvalue weighted by Gasteiger charge is 2.26. The zero-order valence-electron chi connectivity index (χ0n) is 20.2. The number of nitrogens with two attached hydrogens (primary N) is 1. The molecule has 0 bridgehead atoms. The zero-order chi connectivity index (χ0) is 25.9. The molecule has 2 aromatic carbocycles. The van der Waals surface area contributed by atoms with Crippen LogP contribution in [0.3, 0.4) is 0 Å². The summed E-state index contributed by atoms with van der Waals surface area (Å²) in [5, 5.41) is 10.2. The Bertz CT molecular complexity index is 1450. The van der Waals surface area contributed by atoms with E-state index in [9.17, 15) is 9.59 Å². The van der Waals surface area contributed by atoms with Gasteiger partial charge in [0.1, 0.15) is 0 Å². The van der Waals surface area contributed by atoms with Crippen molar-refractivity contribution in [2.45, 2.75) is 13.0 Å². The van der Waals surface area contributed by atoms with E-state index < -0.39 is 0 Å². The lowest BCUT2D eigenvalue weighted by Gasteiger charge is -2.26. The summed E-state index contributed by atoms with van der Waals surface area (Å²) in [7, 11) is 3.10. The highest BCUT2D eigenvalue weighted by Crippen LogP contribution is 2.32. The SMILES string of the molecule is COc1ccc(NC(=O)N2CCc3nc(C(=O)Nc4cc(-c5ccsc5)ccc4N)sc3C2)cc1OC. The lowest BCUT2D eigenvalue weighted by molar-refractivity contribution is 0.102. The summed E-state index contributed by atoms with van der Waals surface area (Å²) in [6, 6.07) is 12.5. The third kappa shape index (κ3) is 5.23. The molecule has 0 spiro atoms. The van der Waals surface area contributed by atoms with Gasteiger partial charge in [-0.3, -0.25) is 4.79 Å². The molecule has 4 aromatic rings. The minimum Gasteiger partial charge on any atom is -0.493 e. The van der Waals surface area contributed by atoms with Crippen molar-refractivity contribution in [1.29, 1.82) is 0 Å². The highest BCUT2D eigenvalue weighted by atomic mass is 32.1. The van der Waals surface area contributed by atoms with Crippen LogP contribution in [0.15, 0.2) is 53.2 Å². The number of thiophene rings is 1. The van der Waals surface area contributed by atoms with Crippen molar-refractivity contribution < 1.29 is 19.1 Å². The number of rotatable bonds is 6. The summed E-state index contributed by atoms with van der Waals surface area (Å²) < 4.78 is 10.6. The fraction of sp³-hybridized carbons (Fsp3) is 0.192. The van der Waals surface area contributed by atoms with Crippen LogP contribution in [-0.2, 0) is 13.0 Å². The van der Waals surface area contributed by atoms with E-state index in [4.69, 9.17) is 15.2 Å². The summed E-state index contributed by atoms with van der Waals surface area (Å²) in [5.41, 5.74) is 10.6. The van der Waals surface area contributed by atoms with E-state index in [0.29, 0.717) is 53.1 Å². The minimum absolute atomic E-state index is 0.240. The maximum absolute atomic E-state index is 13.0. The molecule has 9 nitrogen and oxygen atoms in total. The molecule has 0 aliphatic carbocycles. The lowest BCUT2D eigenvalue weighted by Crippen LogP contribution is -2.38. The Labute approximate surface area is 221 Å². The van der Waals surface area contributed by atoms with Crippen molar-refractivity contribution in [3.8, 4) is 22.6 Å². The van der Waals surface area contributed by atoms with Gasteiger partial charge in [-0.1, -0.05) is 6.07 Å². The van der Waals surface area contributed by atoms with Gasteiger partial charge in [0.25, 0.3) is 5.91 Å².